The molecule has 0 aromatic heterocycles. The molecule has 132 valence electrons. The minimum absolute atomic E-state index is 0.0427. The lowest BCUT2D eigenvalue weighted by molar-refractivity contribution is -0.122. The minimum Gasteiger partial charge on any atom is -0.355 e. The SMILES string of the molecule is CCCCNC(=O)CN1CCN(C(=O)c2cccc(Cl)c2Cl)CC1. The van der Waals surface area contributed by atoms with E-state index >= 15 is 0 Å². The van der Waals surface area contributed by atoms with E-state index in [-0.39, 0.29) is 11.8 Å². The first-order chi connectivity index (χ1) is 11.5. The fourth-order valence-electron chi connectivity index (χ4n) is 2.61. The van der Waals surface area contributed by atoms with Crippen LogP contribution in [0.3, 0.4) is 0 Å². The maximum Gasteiger partial charge on any atom is 0.255 e. The molecular weight excluding hydrogens is 349 g/mol. The number of rotatable bonds is 6. The number of nitrogens with one attached hydrogen (secondary N) is 1. The van der Waals surface area contributed by atoms with Gasteiger partial charge in [0.25, 0.3) is 5.91 Å². The van der Waals surface area contributed by atoms with Crippen LogP contribution in [-0.2, 0) is 4.79 Å². The zero-order chi connectivity index (χ0) is 17.5. The number of carbonyl (C=O) groups is 2. The minimum atomic E-state index is -0.116. The molecule has 5 nitrogen and oxygen atoms in total. The third kappa shape index (κ3) is 5.10. The molecule has 0 aliphatic carbocycles. The second-order valence-corrected chi connectivity index (χ2v) is 6.66. The van der Waals surface area contributed by atoms with Gasteiger partial charge >= 0.3 is 0 Å². The Kier molecular flexibility index (Phi) is 7.34. The van der Waals surface area contributed by atoms with Crippen molar-refractivity contribution in [1.29, 1.82) is 0 Å². The van der Waals surface area contributed by atoms with Gasteiger partial charge in [-0.25, -0.2) is 0 Å². The average Bonchev–Trinajstić information content (AvgIpc) is 2.58. The highest BCUT2D eigenvalue weighted by atomic mass is 35.5. The molecule has 0 atom stereocenters. The molecular formula is C17H23Cl2N3O2. The van der Waals surface area contributed by atoms with Crippen molar-refractivity contribution in [3.63, 3.8) is 0 Å². The lowest BCUT2D eigenvalue weighted by Crippen LogP contribution is -2.51. The van der Waals surface area contributed by atoms with Gasteiger partial charge in [0.05, 0.1) is 22.2 Å². The standard InChI is InChI=1S/C17H23Cl2N3O2/c1-2-3-7-20-15(23)12-21-8-10-22(11-9-21)17(24)13-5-4-6-14(18)16(13)19/h4-6H,2-3,7-12H2,1H3,(H,20,23). The van der Waals surface area contributed by atoms with Crippen molar-refractivity contribution in [2.24, 2.45) is 0 Å². The zero-order valence-corrected chi connectivity index (χ0v) is 15.4. The summed E-state index contributed by atoms with van der Waals surface area (Å²) in [6.07, 6.45) is 2.06. The van der Waals surface area contributed by atoms with Crippen LogP contribution >= 0.6 is 23.2 Å². The number of benzene rings is 1. The number of unbranched alkanes of at least 4 members (excludes halogenated alkanes) is 1. The van der Waals surface area contributed by atoms with Crippen molar-refractivity contribution in [3.8, 4) is 0 Å². The number of piperazine rings is 1. The average molecular weight is 372 g/mol. The van der Waals surface area contributed by atoms with Gasteiger partial charge in [-0.15, -0.1) is 0 Å². The Balaban J connectivity index is 1.83. The summed E-state index contributed by atoms with van der Waals surface area (Å²) < 4.78 is 0. The fraction of sp³-hybridized carbons (Fsp3) is 0.529. The molecule has 1 aromatic rings. The van der Waals surface area contributed by atoms with Crippen LogP contribution in [0, 0.1) is 0 Å². The predicted octanol–water partition coefficient (Wildman–Crippen LogP) is 2.67. The third-order valence-corrected chi connectivity index (χ3v) is 4.88. The summed E-state index contributed by atoms with van der Waals surface area (Å²) in [5.41, 5.74) is 0.426. The molecule has 0 unspecified atom stereocenters. The molecule has 0 radical (unpaired) electrons. The van der Waals surface area contributed by atoms with Crippen LogP contribution < -0.4 is 5.32 Å². The first-order valence-corrected chi connectivity index (χ1v) is 9.01. The van der Waals surface area contributed by atoms with Gasteiger partial charge in [-0.05, 0) is 18.6 Å². The van der Waals surface area contributed by atoms with Crippen molar-refractivity contribution in [1.82, 2.24) is 15.1 Å². The van der Waals surface area contributed by atoms with Gasteiger partial charge in [0.15, 0.2) is 0 Å². The number of nitrogens with zero attached hydrogens (tertiary/aromatic N) is 2. The second-order valence-electron chi connectivity index (χ2n) is 5.87. The summed E-state index contributed by atoms with van der Waals surface area (Å²) >= 11 is 12.1. The van der Waals surface area contributed by atoms with E-state index in [1.165, 1.54) is 0 Å². The molecule has 2 amide bonds. The van der Waals surface area contributed by atoms with E-state index in [1.807, 2.05) is 0 Å². The van der Waals surface area contributed by atoms with Gasteiger partial charge in [-0.1, -0.05) is 42.6 Å². The maximum atomic E-state index is 12.6. The summed E-state index contributed by atoms with van der Waals surface area (Å²) in [6, 6.07) is 5.07. The fourth-order valence-corrected chi connectivity index (χ4v) is 2.99. The quantitative estimate of drug-likeness (QED) is 0.782. The van der Waals surface area contributed by atoms with E-state index < -0.39 is 0 Å². The first-order valence-electron chi connectivity index (χ1n) is 8.25. The molecule has 1 N–H and O–H groups in total. The smallest absolute Gasteiger partial charge is 0.255 e. The Labute approximate surface area is 152 Å². The second kappa shape index (κ2) is 9.25. The van der Waals surface area contributed by atoms with Gasteiger partial charge in [-0.3, -0.25) is 14.5 Å². The van der Waals surface area contributed by atoms with Gasteiger partial charge in [0.1, 0.15) is 0 Å². The Hall–Kier alpha value is -1.30. The lowest BCUT2D eigenvalue weighted by Gasteiger charge is -2.34. The van der Waals surface area contributed by atoms with E-state index in [0.29, 0.717) is 48.3 Å². The molecule has 1 fully saturated rings. The molecule has 24 heavy (non-hydrogen) atoms. The van der Waals surface area contributed by atoms with Crippen LogP contribution in [0.15, 0.2) is 18.2 Å². The summed E-state index contributed by atoms with van der Waals surface area (Å²) in [6.45, 7) is 5.68. The maximum absolute atomic E-state index is 12.6. The van der Waals surface area contributed by atoms with Crippen LogP contribution in [0.1, 0.15) is 30.1 Å². The Bertz CT molecular complexity index is 587. The number of carbonyl (C=O) groups excluding carboxylic acids is 2. The summed E-state index contributed by atoms with van der Waals surface area (Å²) in [5.74, 6) is -0.0735. The molecule has 2 rings (SSSR count). The molecule has 1 aliphatic heterocycles. The molecule has 7 heteroatoms. The summed E-state index contributed by atoms with van der Waals surface area (Å²) in [7, 11) is 0. The van der Waals surface area contributed by atoms with E-state index in [1.54, 1.807) is 23.1 Å². The van der Waals surface area contributed by atoms with Crippen LogP contribution in [-0.4, -0.2) is 60.9 Å². The largest absolute Gasteiger partial charge is 0.355 e. The predicted molar refractivity (Wildman–Crippen MR) is 96.7 cm³/mol. The highest BCUT2D eigenvalue weighted by molar-refractivity contribution is 6.43. The number of amides is 2. The van der Waals surface area contributed by atoms with Crippen molar-refractivity contribution < 1.29 is 9.59 Å². The number of hydrogen-bond acceptors (Lipinski definition) is 3. The highest BCUT2D eigenvalue weighted by Crippen LogP contribution is 2.26. The molecule has 1 heterocycles. The van der Waals surface area contributed by atoms with Gasteiger partial charge in [0, 0.05) is 32.7 Å². The van der Waals surface area contributed by atoms with Crippen molar-refractivity contribution in [2.45, 2.75) is 19.8 Å². The van der Waals surface area contributed by atoms with Crippen molar-refractivity contribution in [3.05, 3.63) is 33.8 Å². The van der Waals surface area contributed by atoms with E-state index in [4.69, 9.17) is 23.2 Å². The monoisotopic (exact) mass is 371 g/mol. The van der Waals surface area contributed by atoms with Gasteiger partial charge in [0.2, 0.25) is 5.91 Å². The Morgan fingerprint density at radius 1 is 1.17 bits per heavy atom. The highest BCUT2D eigenvalue weighted by Gasteiger charge is 2.24. The third-order valence-electron chi connectivity index (χ3n) is 4.06. The molecule has 0 saturated carbocycles. The number of halogens is 2. The van der Waals surface area contributed by atoms with Crippen LogP contribution in [0.5, 0.6) is 0 Å². The zero-order valence-electron chi connectivity index (χ0n) is 13.9. The van der Waals surface area contributed by atoms with E-state index in [2.05, 4.69) is 17.1 Å². The van der Waals surface area contributed by atoms with Crippen LogP contribution in [0.25, 0.3) is 0 Å². The molecule has 0 bridgehead atoms. The van der Waals surface area contributed by atoms with Crippen LogP contribution in [0.4, 0.5) is 0 Å². The van der Waals surface area contributed by atoms with E-state index in [9.17, 15) is 9.59 Å². The van der Waals surface area contributed by atoms with Crippen molar-refractivity contribution in [2.75, 3.05) is 39.3 Å². The van der Waals surface area contributed by atoms with Crippen molar-refractivity contribution >= 4 is 35.0 Å². The number of hydrogen-bond donors (Lipinski definition) is 1. The molecule has 1 aliphatic rings. The van der Waals surface area contributed by atoms with Gasteiger partial charge < -0.3 is 10.2 Å². The normalized spacial score (nSPS) is 15.4. The Morgan fingerprint density at radius 3 is 2.54 bits per heavy atom. The summed E-state index contributed by atoms with van der Waals surface area (Å²) in [4.78, 5) is 28.2. The molecule has 1 aromatic carbocycles. The lowest BCUT2D eigenvalue weighted by atomic mass is 10.1. The summed E-state index contributed by atoms with van der Waals surface area (Å²) in [5, 5.41) is 3.58. The van der Waals surface area contributed by atoms with E-state index in [0.717, 1.165) is 19.4 Å². The first kappa shape index (κ1) is 19.0. The van der Waals surface area contributed by atoms with Crippen LogP contribution in [0.2, 0.25) is 10.0 Å². The molecule has 0 spiro atoms. The molecule has 1 saturated heterocycles. The Morgan fingerprint density at radius 2 is 1.88 bits per heavy atom. The topological polar surface area (TPSA) is 52.7 Å². The van der Waals surface area contributed by atoms with Gasteiger partial charge in [-0.2, -0.15) is 0 Å².